The molecule has 3 heteroatoms. The first-order valence-corrected chi connectivity index (χ1v) is 5.41. The normalized spacial score (nSPS) is 10.4. The van der Waals surface area contributed by atoms with Crippen LogP contribution in [0.3, 0.4) is 0 Å². The van der Waals surface area contributed by atoms with E-state index in [-0.39, 0.29) is 12.4 Å². The smallest absolute Gasteiger partial charge is 0.128 e. The second-order valence-corrected chi connectivity index (χ2v) is 3.83. The van der Waals surface area contributed by atoms with Crippen molar-refractivity contribution < 1.29 is 9.13 Å². The van der Waals surface area contributed by atoms with Crippen LogP contribution in [0, 0.1) is 5.82 Å². The van der Waals surface area contributed by atoms with Gasteiger partial charge in [-0.1, -0.05) is 30.3 Å². The molecule has 0 aliphatic carbocycles. The average Bonchev–Trinajstić information content (AvgIpc) is 2.34. The molecular formula is C14H14FNO. The minimum absolute atomic E-state index is 0.232. The summed E-state index contributed by atoms with van der Waals surface area (Å²) in [5, 5.41) is 0. The maximum Gasteiger partial charge on any atom is 0.128 e. The van der Waals surface area contributed by atoms with Crippen molar-refractivity contribution in [3.05, 3.63) is 65.5 Å². The van der Waals surface area contributed by atoms with Crippen LogP contribution in [-0.4, -0.2) is 0 Å². The highest BCUT2D eigenvalue weighted by molar-refractivity contribution is 5.39. The number of halogens is 1. The number of rotatable bonds is 4. The van der Waals surface area contributed by atoms with Crippen LogP contribution >= 0.6 is 0 Å². The summed E-state index contributed by atoms with van der Waals surface area (Å²) in [6, 6.07) is 14.1. The van der Waals surface area contributed by atoms with Crippen molar-refractivity contribution in [2.24, 2.45) is 0 Å². The van der Waals surface area contributed by atoms with Crippen molar-refractivity contribution >= 4 is 5.69 Å². The SMILES string of the molecule is Nc1ccc(COCc2ccccc2F)cc1. The zero-order valence-electron chi connectivity index (χ0n) is 9.40. The van der Waals surface area contributed by atoms with E-state index in [0.717, 1.165) is 11.3 Å². The molecule has 0 bridgehead atoms. The van der Waals surface area contributed by atoms with Gasteiger partial charge in [0.2, 0.25) is 0 Å². The van der Waals surface area contributed by atoms with Crippen LogP contribution in [-0.2, 0) is 18.0 Å². The lowest BCUT2D eigenvalue weighted by Crippen LogP contribution is -1.96. The number of ether oxygens (including phenoxy) is 1. The Morgan fingerprint density at radius 3 is 2.35 bits per heavy atom. The maximum atomic E-state index is 13.3. The zero-order chi connectivity index (χ0) is 12.1. The van der Waals surface area contributed by atoms with Gasteiger partial charge in [0.25, 0.3) is 0 Å². The van der Waals surface area contributed by atoms with Gasteiger partial charge in [-0.3, -0.25) is 0 Å². The van der Waals surface area contributed by atoms with E-state index in [9.17, 15) is 4.39 Å². The van der Waals surface area contributed by atoms with E-state index in [2.05, 4.69) is 0 Å². The fraction of sp³-hybridized carbons (Fsp3) is 0.143. The predicted molar refractivity (Wildman–Crippen MR) is 65.7 cm³/mol. The summed E-state index contributed by atoms with van der Waals surface area (Å²) in [5.74, 6) is -0.232. The van der Waals surface area contributed by atoms with E-state index in [1.165, 1.54) is 6.07 Å². The number of nitrogens with two attached hydrogens (primary N) is 1. The Morgan fingerprint density at radius 2 is 1.65 bits per heavy atom. The Labute approximate surface area is 99.8 Å². The molecule has 2 aromatic rings. The van der Waals surface area contributed by atoms with Crippen molar-refractivity contribution in [2.75, 3.05) is 5.73 Å². The second kappa shape index (κ2) is 5.46. The summed E-state index contributed by atoms with van der Waals surface area (Å²) in [6.07, 6.45) is 0. The van der Waals surface area contributed by atoms with Crippen LogP contribution in [0.4, 0.5) is 10.1 Å². The maximum absolute atomic E-state index is 13.3. The third kappa shape index (κ3) is 3.29. The van der Waals surface area contributed by atoms with Crippen molar-refractivity contribution in [1.29, 1.82) is 0 Å². The highest BCUT2D eigenvalue weighted by Gasteiger charge is 2.00. The molecule has 0 amide bonds. The molecule has 0 fully saturated rings. The van der Waals surface area contributed by atoms with Crippen LogP contribution in [0.15, 0.2) is 48.5 Å². The molecule has 0 spiro atoms. The molecule has 2 N–H and O–H groups in total. The molecule has 0 saturated carbocycles. The van der Waals surface area contributed by atoms with E-state index in [4.69, 9.17) is 10.5 Å². The summed E-state index contributed by atoms with van der Waals surface area (Å²) in [5.41, 5.74) is 7.90. The first-order valence-electron chi connectivity index (χ1n) is 5.41. The van der Waals surface area contributed by atoms with Gasteiger partial charge in [0.05, 0.1) is 13.2 Å². The fourth-order valence-corrected chi connectivity index (χ4v) is 1.51. The number of anilines is 1. The van der Waals surface area contributed by atoms with Gasteiger partial charge in [-0.15, -0.1) is 0 Å². The zero-order valence-corrected chi connectivity index (χ0v) is 9.40. The number of hydrogen-bond acceptors (Lipinski definition) is 2. The summed E-state index contributed by atoms with van der Waals surface area (Å²) >= 11 is 0. The molecule has 0 aromatic heterocycles. The van der Waals surface area contributed by atoms with Crippen molar-refractivity contribution in [3.63, 3.8) is 0 Å². The summed E-state index contributed by atoms with van der Waals surface area (Å²) in [7, 11) is 0. The van der Waals surface area contributed by atoms with Crippen LogP contribution in [0.5, 0.6) is 0 Å². The highest BCUT2D eigenvalue weighted by atomic mass is 19.1. The van der Waals surface area contributed by atoms with Gasteiger partial charge in [0, 0.05) is 11.3 Å². The summed E-state index contributed by atoms with van der Waals surface area (Å²) < 4.78 is 18.7. The van der Waals surface area contributed by atoms with Crippen LogP contribution in [0.2, 0.25) is 0 Å². The fourth-order valence-electron chi connectivity index (χ4n) is 1.51. The molecule has 0 unspecified atom stereocenters. The topological polar surface area (TPSA) is 35.2 Å². The Morgan fingerprint density at radius 1 is 0.941 bits per heavy atom. The lowest BCUT2D eigenvalue weighted by Gasteiger charge is -2.05. The predicted octanol–water partition coefficient (Wildman–Crippen LogP) is 3.12. The van der Waals surface area contributed by atoms with Crippen molar-refractivity contribution in [2.45, 2.75) is 13.2 Å². The number of benzene rings is 2. The van der Waals surface area contributed by atoms with Gasteiger partial charge in [0.1, 0.15) is 5.82 Å². The molecule has 0 aliphatic rings. The van der Waals surface area contributed by atoms with Crippen molar-refractivity contribution in [3.8, 4) is 0 Å². The molecule has 88 valence electrons. The summed E-state index contributed by atoms with van der Waals surface area (Å²) in [4.78, 5) is 0. The van der Waals surface area contributed by atoms with E-state index in [1.54, 1.807) is 18.2 Å². The van der Waals surface area contributed by atoms with Gasteiger partial charge in [-0.25, -0.2) is 4.39 Å². The molecule has 0 radical (unpaired) electrons. The Balaban J connectivity index is 1.88. The molecule has 0 aliphatic heterocycles. The molecule has 2 rings (SSSR count). The average molecular weight is 231 g/mol. The van der Waals surface area contributed by atoms with Gasteiger partial charge in [-0.05, 0) is 23.8 Å². The number of nitrogen functional groups attached to an aromatic ring is 1. The quantitative estimate of drug-likeness (QED) is 0.820. The standard InChI is InChI=1S/C14H14FNO/c15-14-4-2-1-3-12(14)10-17-9-11-5-7-13(16)8-6-11/h1-8H,9-10,16H2. The minimum atomic E-state index is -0.232. The highest BCUT2D eigenvalue weighted by Crippen LogP contribution is 2.11. The van der Waals surface area contributed by atoms with Gasteiger partial charge < -0.3 is 10.5 Å². The monoisotopic (exact) mass is 231 g/mol. The Kier molecular flexibility index (Phi) is 3.73. The molecular weight excluding hydrogens is 217 g/mol. The second-order valence-electron chi connectivity index (χ2n) is 3.83. The molecule has 0 atom stereocenters. The molecule has 17 heavy (non-hydrogen) atoms. The van der Waals surface area contributed by atoms with Gasteiger partial charge in [-0.2, -0.15) is 0 Å². The van der Waals surface area contributed by atoms with Crippen LogP contribution in [0.1, 0.15) is 11.1 Å². The molecule has 0 saturated heterocycles. The molecule has 2 aromatic carbocycles. The first kappa shape index (κ1) is 11.6. The molecule has 0 heterocycles. The lowest BCUT2D eigenvalue weighted by molar-refractivity contribution is 0.105. The minimum Gasteiger partial charge on any atom is -0.399 e. The van der Waals surface area contributed by atoms with E-state index < -0.39 is 0 Å². The Hall–Kier alpha value is -1.87. The van der Waals surface area contributed by atoms with Gasteiger partial charge >= 0.3 is 0 Å². The third-order valence-electron chi connectivity index (χ3n) is 2.46. The lowest BCUT2D eigenvalue weighted by atomic mass is 10.2. The Bertz CT molecular complexity index is 482. The summed E-state index contributed by atoms with van der Waals surface area (Å²) in [6.45, 7) is 0.728. The largest absolute Gasteiger partial charge is 0.399 e. The van der Waals surface area contributed by atoms with Gasteiger partial charge in [0.15, 0.2) is 0 Å². The van der Waals surface area contributed by atoms with E-state index >= 15 is 0 Å². The van der Waals surface area contributed by atoms with Crippen molar-refractivity contribution in [1.82, 2.24) is 0 Å². The first-order chi connectivity index (χ1) is 8.25. The third-order valence-corrected chi connectivity index (χ3v) is 2.46. The molecule has 2 nitrogen and oxygen atoms in total. The van der Waals surface area contributed by atoms with Crippen LogP contribution < -0.4 is 5.73 Å². The number of hydrogen-bond donors (Lipinski definition) is 1. The van der Waals surface area contributed by atoms with Crippen LogP contribution in [0.25, 0.3) is 0 Å². The van der Waals surface area contributed by atoms with E-state index in [0.29, 0.717) is 12.2 Å². The van der Waals surface area contributed by atoms with E-state index in [1.807, 2.05) is 24.3 Å².